The van der Waals surface area contributed by atoms with Gasteiger partial charge in [-0.05, 0) is 81.2 Å². The maximum atomic E-state index is 13.1. The smallest absolute Gasteiger partial charge is 0.410 e. The summed E-state index contributed by atoms with van der Waals surface area (Å²) in [7, 11) is 1.92. The first kappa shape index (κ1) is 41.6. The molecule has 1 unspecified atom stereocenters. The van der Waals surface area contributed by atoms with Crippen molar-refractivity contribution in [3.8, 4) is 11.3 Å². The number of aliphatic hydroxyl groups excluding tert-OH is 1. The second kappa shape index (κ2) is 17.8. The van der Waals surface area contributed by atoms with E-state index in [9.17, 15) is 14.7 Å². The van der Waals surface area contributed by atoms with Crippen LogP contribution < -0.4 is 10.2 Å². The molecule has 0 radical (unpaired) electrons. The number of hydrogen-bond acceptors (Lipinski definition) is 11. The Morgan fingerprint density at radius 2 is 1.77 bits per heavy atom. The van der Waals surface area contributed by atoms with Gasteiger partial charge in [0.05, 0.1) is 31.5 Å². The quantitative estimate of drug-likeness (QED) is 0.188. The highest BCUT2D eigenvalue weighted by molar-refractivity contribution is 6.74. The molecule has 3 aromatic rings. The van der Waals surface area contributed by atoms with Crippen molar-refractivity contribution in [1.82, 2.24) is 29.7 Å². The Hall–Kier alpha value is -4.11. The number of aliphatic hydroxyl groups is 1. The van der Waals surface area contributed by atoms with E-state index in [4.69, 9.17) is 19.1 Å². The molecule has 1 aliphatic heterocycles. The molecule has 1 fully saturated rings. The fourth-order valence-electron chi connectivity index (χ4n) is 5.54. The van der Waals surface area contributed by atoms with Crippen molar-refractivity contribution in [3.63, 3.8) is 0 Å². The lowest BCUT2D eigenvalue weighted by Gasteiger charge is -2.41. The summed E-state index contributed by atoms with van der Waals surface area (Å²) in [6, 6.07) is 13.7. The molecule has 0 aliphatic carbocycles. The van der Waals surface area contributed by atoms with Crippen LogP contribution in [0.25, 0.3) is 11.3 Å². The van der Waals surface area contributed by atoms with Gasteiger partial charge in [-0.15, -0.1) is 0 Å². The Morgan fingerprint density at radius 1 is 1.02 bits per heavy atom. The zero-order chi connectivity index (χ0) is 39.0. The minimum Gasteiger partial charge on any atom is -0.444 e. The number of carbonyl (C=O) groups is 2. The highest BCUT2D eigenvalue weighted by atomic mass is 28.4. The molecule has 3 heterocycles. The van der Waals surface area contributed by atoms with Crippen molar-refractivity contribution in [2.24, 2.45) is 0 Å². The van der Waals surface area contributed by atoms with Crippen LogP contribution in [0.4, 0.5) is 22.2 Å². The van der Waals surface area contributed by atoms with Gasteiger partial charge in [-0.25, -0.2) is 19.7 Å². The number of rotatable bonds is 14. The van der Waals surface area contributed by atoms with Gasteiger partial charge in [0.25, 0.3) is 0 Å². The summed E-state index contributed by atoms with van der Waals surface area (Å²) in [5.41, 5.74) is 3.04. The number of piperazine rings is 1. The SMILES string of the molecule is CN(CCCN(C)c1ccc(-c2ccnc(Nc3cccc(CO[Si](C)(C)C(C)(C)C)c3)n2)cn1)C(=O)CN1CCN(C(=O)OC(C)(C)C)CC1CO. The lowest BCUT2D eigenvalue weighted by molar-refractivity contribution is -0.132. The average molecular weight is 749 g/mol. The van der Waals surface area contributed by atoms with Crippen LogP contribution in [0.3, 0.4) is 0 Å². The zero-order valence-corrected chi connectivity index (χ0v) is 34.3. The highest BCUT2D eigenvalue weighted by Crippen LogP contribution is 2.37. The predicted molar refractivity (Wildman–Crippen MR) is 213 cm³/mol. The lowest BCUT2D eigenvalue weighted by Crippen LogP contribution is -2.58. The van der Waals surface area contributed by atoms with Crippen molar-refractivity contribution >= 4 is 37.8 Å². The second-order valence-electron chi connectivity index (χ2n) is 16.4. The molecule has 1 aromatic carbocycles. The molecule has 0 bridgehead atoms. The van der Waals surface area contributed by atoms with Crippen molar-refractivity contribution in [2.45, 2.75) is 84.3 Å². The van der Waals surface area contributed by atoms with Gasteiger partial charge in [0.15, 0.2) is 8.32 Å². The lowest BCUT2D eigenvalue weighted by atomic mass is 10.1. The molecule has 2 amide bonds. The predicted octanol–water partition coefficient (Wildman–Crippen LogP) is 6.00. The summed E-state index contributed by atoms with van der Waals surface area (Å²) < 4.78 is 11.9. The van der Waals surface area contributed by atoms with E-state index in [0.717, 1.165) is 34.7 Å². The Labute approximate surface area is 316 Å². The fraction of sp³-hybridized carbons (Fsp3) is 0.564. The molecule has 0 spiro atoms. The van der Waals surface area contributed by atoms with Crippen LogP contribution in [0.1, 0.15) is 53.5 Å². The van der Waals surface area contributed by atoms with Crippen molar-refractivity contribution in [2.75, 3.05) is 70.2 Å². The molecule has 53 heavy (non-hydrogen) atoms. The standard InChI is InChI=1S/C39H60N8O5Si/c1-38(2,3)52-37(50)47-22-21-46(32(25-47)27-48)26-35(49)45(8)20-12-19-44(7)34-16-15-30(24-41-34)33-17-18-40-36(43-33)42-31-14-11-13-29(23-31)28-51-53(9,10)39(4,5)6/h11,13-18,23-24,32,48H,12,19-22,25-28H2,1-10H3,(H,40,42,43). The van der Waals surface area contributed by atoms with E-state index in [1.165, 1.54) is 0 Å². The van der Waals surface area contributed by atoms with Gasteiger partial charge >= 0.3 is 6.09 Å². The summed E-state index contributed by atoms with van der Waals surface area (Å²) in [6.07, 6.45) is 3.90. The molecule has 0 saturated carbocycles. The summed E-state index contributed by atoms with van der Waals surface area (Å²) >= 11 is 0. The number of hydrogen-bond donors (Lipinski definition) is 2. The summed E-state index contributed by atoms with van der Waals surface area (Å²) in [5.74, 6) is 1.29. The van der Waals surface area contributed by atoms with Gasteiger partial charge < -0.3 is 34.3 Å². The first-order chi connectivity index (χ1) is 24.8. The van der Waals surface area contributed by atoms with Crippen LogP contribution in [-0.4, -0.2) is 127 Å². The molecule has 1 saturated heterocycles. The van der Waals surface area contributed by atoms with Crippen molar-refractivity contribution in [1.29, 1.82) is 0 Å². The highest BCUT2D eigenvalue weighted by Gasteiger charge is 2.37. The molecule has 4 rings (SSSR count). The summed E-state index contributed by atoms with van der Waals surface area (Å²) in [5, 5.41) is 13.5. The van der Waals surface area contributed by atoms with Gasteiger partial charge in [-0.2, -0.15) is 0 Å². The van der Waals surface area contributed by atoms with Gasteiger partial charge in [-0.3, -0.25) is 9.69 Å². The molecule has 14 heteroatoms. The third kappa shape index (κ3) is 12.2. The van der Waals surface area contributed by atoms with E-state index >= 15 is 0 Å². The normalized spacial score (nSPS) is 15.6. The number of likely N-dealkylation sites (N-methyl/N-ethyl adjacent to an activating group) is 1. The van der Waals surface area contributed by atoms with E-state index in [1.54, 1.807) is 23.0 Å². The molecule has 2 N–H and O–H groups in total. The molecular weight excluding hydrogens is 689 g/mol. The molecule has 13 nitrogen and oxygen atoms in total. The topological polar surface area (TPSA) is 136 Å². The zero-order valence-electron chi connectivity index (χ0n) is 33.3. The first-order valence-corrected chi connectivity index (χ1v) is 21.3. The molecule has 1 aliphatic rings. The Bertz CT molecular complexity index is 1660. The number of aromatic nitrogens is 3. The van der Waals surface area contributed by atoms with Crippen molar-refractivity contribution in [3.05, 3.63) is 60.4 Å². The number of pyridine rings is 1. The van der Waals surface area contributed by atoms with Crippen LogP contribution in [-0.2, 0) is 20.6 Å². The van der Waals surface area contributed by atoms with E-state index in [-0.39, 0.29) is 30.1 Å². The van der Waals surface area contributed by atoms with Crippen LogP contribution in [0.5, 0.6) is 0 Å². The number of amides is 2. The minimum atomic E-state index is -1.86. The largest absolute Gasteiger partial charge is 0.444 e. The number of anilines is 3. The minimum absolute atomic E-state index is 0.0265. The molecule has 2 aromatic heterocycles. The Morgan fingerprint density at radius 3 is 2.43 bits per heavy atom. The fourth-order valence-corrected chi connectivity index (χ4v) is 6.50. The third-order valence-corrected chi connectivity index (χ3v) is 14.4. The first-order valence-electron chi connectivity index (χ1n) is 18.4. The third-order valence-electron chi connectivity index (χ3n) is 9.90. The monoisotopic (exact) mass is 748 g/mol. The Kier molecular flexibility index (Phi) is 14.0. The van der Waals surface area contributed by atoms with Gasteiger partial charge in [0.2, 0.25) is 11.9 Å². The number of benzene rings is 1. The maximum absolute atomic E-state index is 13.1. The average Bonchev–Trinajstić information content (AvgIpc) is 3.10. The number of ether oxygens (including phenoxy) is 1. The second-order valence-corrected chi connectivity index (χ2v) is 21.2. The van der Waals surface area contributed by atoms with Crippen LogP contribution >= 0.6 is 0 Å². The number of nitrogens with one attached hydrogen (secondary N) is 1. The van der Waals surface area contributed by atoms with E-state index in [1.807, 2.05) is 69.2 Å². The Balaban J connectivity index is 1.24. The van der Waals surface area contributed by atoms with E-state index in [2.05, 4.69) is 61.2 Å². The van der Waals surface area contributed by atoms with Gasteiger partial charge in [-0.1, -0.05) is 32.9 Å². The summed E-state index contributed by atoms with van der Waals surface area (Å²) in [4.78, 5) is 46.8. The summed E-state index contributed by atoms with van der Waals surface area (Å²) in [6.45, 7) is 19.9. The van der Waals surface area contributed by atoms with Crippen LogP contribution in [0, 0.1) is 0 Å². The van der Waals surface area contributed by atoms with E-state index < -0.39 is 20.0 Å². The van der Waals surface area contributed by atoms with Crippen LogP contribution in [0.2, 0.25) is 18.1 Å². The molecule has 290 valence electrons. The van der Waals surface area contributed by atoms with Gasteiger partial charge in [0, 0.05) is 70.5 Å². The molecular formula is C39H60N8O5Si. The molecule has 1 atom stereocenters. The number of carbonyl (C=O) groups excluding carboxylic acids is 2. The van der Waals surface area contributed by atoms with Crippen LogP contribution in [0.15, 0.2) is 54.9 Å². The van der Waals surface area contributed by atoms with Gasteiger partial charge in [0.1, 0.15) is 11.4 Å². The van der Waals surface area contributed by atoms with E-state index in [0.29, 0.717) is 45.3 Å². The number of nitrogens with zero attached hydrogens (tertiary/aromatic N) is 7. The van der Waals surface area contributed by atoms with Crippen molar-refractivity contribution < 1.29 is 23.9 Å². The maximum Gasteiger partial charge on any atom is 0.410 e.